The van der Waals surface area contributed by atoms with E-state index >= 15 is 0 Å². The van der Waals surface area contributed by atoms with Gasteiger partial charge in [-0.2, -0.15) is 5.26 Å². The van der Waals surface area contributed by atoms with E-state index in [1.165, 1.54) is 17.4 Å². The minimum atomic E-state index is -0.591. The number of rotatable bonds is 8. The van der Waals surface area contributed by atoms with Gasteiger partial charge in [0.2, 0.25) is 0 Å². The maximum atomic E-state index is 12.6. The first-order valence-electron chi connectivity index (χ1n) is 8.95. The van der Waals surface area contributed by atoms with Crippen LogP contribution in [-0.4, -0.2) is 25.1 Å². The van der Waals surface area contributed by atoms with E-state index in [0.29, 0.717) is 28.5 Å². The first-order chi connectivity index (χ1) is 13.9. The molecule has 0 atom stereocenters. The third-order valence-electron chi connectivity index (χ3n) is 4.02. The predicted molar refractivity (Wildman–Crippen MR) is 114 cm³/mol. The minimum Gasteiger partial charge on any atom is -0.490 e. The van der Waals surface area contributed by atoms with Gasteiger partial charge in [-0.1, -0.05) is 24.8 Å². The molecular formula is C22H22N2O4S. The summed E-state index contributed by atoms with van der Waals surface area (Å²) in [7, 11) is 0. The highest BCUT2D eigenvalue weighted by Crippen LogP contribution is 2.33. The second kappa shape index (κ2) is 10.2. The molecule has 2 aromatic rings. The van der Waals surface area contributed by atoms with Crippen molar-refractivity contribution >= 4 is 34.3 Å². The van der Waals surface area contributed by atoms with Crippen LogP contribution in [0.5, 0.6) is 5.75 Å². The van der Waals surface area contributed by atoms with Gasteiger partial charge in [0.1, 0.15) is 29.0 Å². The smallest absolute Gasteiger partial charge is 0.341 e. The molecule has 1 aromatic heterocycles. The Morgan fingerprint density at radius 1 is 1.28 bits per heavy atom. The van der Waals surface area contributed by atoms with Crippen molar-refractivity contribution in [2.24, 2.45) is 0 Å². The first-order valence-corrected chi connectivity index (χ1v) is 9.76. The number of nitriles is 1. The van der Waals surface area contributed by atoms with Crippen LogP contribution < -0.4 is 10.1 Å². The van der Waals surface area contributed by atoms with E-state index in [2.05, 4.69) is 11.9 Å². The summed E-state index contributed by atoms with van der Waals surface area (Å²) in [6, 6.07) is 8.88. The van der Waals surface area contributed by atoms with Gasteiger partial charge in [-0.15, -0.1) is 11.3 Å². The van der Waals surface area contributed by atoms with Gasteiger partial charge in [-0.3, -0.25) is 4.79 Å². The summed E-state index contributed by atoms with van der Waals surface area (Å²) in [6.45, 7) is 9.58. The lowest BCUT2D eigenvalue weighted by Crippen LogP contribution is -2.16. The Kier molecular flexibility index (Phi) is 7.75. The van der Waals surface area contributed by atoms with Gasteiger partial charge >= 0.3 is 5.97 Å². The highest BCUT2D eigenvalue weighted by atomic mass is 32.1. The number of aryl methyl sites for hydroxylation is 1. The number of carbonyl (C=O) groups excluding carboxylic acids is 2. The van der Waals surface area contributed by atoms with E-state index in [1.807, 2.05) is 13.0 Å². The average Bonchev–Trinajstić information content (AvgIpc) is 2.98. The normalized spacial score (nSPS) is 10.8. The Hall–Kier alpha value is -3.37. The summed E-state index contributed by atoms with van der Waals surface area (Å²) in [4.78, 5) is 25.8. The van der Waals surface area contributed by atoms with E-state index < -0.39 is 11.9 Å². The summed E-state index contributed by atoms with van der Waals surface area (Å²) >= 11 is 1.27. The number of benzene rings is 1. The monoisotopic (exact) mass is 410 g/mol. The van der Waals surface area contributed by atoms with Crippen molar-refractivity contribution in [1.29, 1.82) is 5.26 Å². The summed E-state index contributed by atoms with van der Waals surface area (Å²) in [5.74, 6) is -0.429. The lowest BCUT2D eigenvalue weighted by molar-refractivity contribution is -0.112. The number of carbonyl (C=O) groups is 2. The number of esters is 1. The number of nitrogens with one attached hydrogen (secondary N) is 1. The molecule has 0 unspecified atom stereocenters. The number of anilines is 1. The molecule has 29 heavy (non-hydrogen) atoms. The second-order valence-electron chi connectivity index (χ2n) is 6.00. The van der Waals surface area contributed by atoms with Crippen LogP contribution in [0.2, 0.25) is 0 Å². The minimum absolute atomic E-state index is 0.0803. The summed E-state index contributed by atoms with van der Waals surface area (Å²) in [5, 5.41) is 12.5. The molecule has 0 aliphatic rings. The number of amides is 1. The molecule has 0 radical (unpaired) electrons. The number of ether oxygens (including phenoxy) is 2. The second-order valence-corrected chi connectivity index (χ2v) is 7.23. The Labute approximate surface area is 174 Å². The Morgan fingerprint density at radius 2 is 1.97 bits per heavy atom. The predicted octanol–water partition coefficient (Wildman–Crippen LogP) is 4.65. The number of hydrogen-bond donors (Lipinski definition) is 1. The van der Waals surface area contributed by atoms with Crippen LogP contribution in [-0.2, 0) is 9.53 Å². The molecule has 0 fully saturated rings. The fourth-order valence-electron chi connectivity index (χ4n) is 2.47. The van der Waals surface area contributed by atoms with Crippen LogP contribution in [0.4, 0.5) is 5.00 Å². The summed E-state index contributed by atoms with van der Waals surface area (Å²) in [5.41, 5.74) is 1.67. The van der Waals surface area contributed by atoms with Gasteiger partial charge < -0.3 is 14.8 Å². The molecule has 0 aliphatic carbocycles. The SMILES string of the molecule is C=CCOc1ccc(/C=C(\C#N)C(=O)Nc2sc(C)c(C)c2C(=O)OCC)cc1. The zero-order valence-electron chi connectivity index (χ0n) is 16.6. The van der Waals surface area contributed by atoms with E-state index in [9.17, 15) is 14.9 Å². The molecule has 1 amide bonds. The van der Waals surface area contributed by atoms with Crippen molar-refractivity contribution in [2.75, 3.05) is 18.5 Å². The molecular weight excluding hydrogens is 388 g/mol. The molecule has 6 nitrogen and oxygen atoms in total. The van der Waals surface area contributed by atoms with Crippen molar-refractivity contribution < 1.29 is 19.1 Å². The Balaban J connectivity index is 2.24. The number of nitrogens with zero attached hydrogens (tertiary/aromatic N) is 1. The van der Waals surface area contributed by atoms with Crippen LogP contribution >= 0.6 is 11.3 Å². The van der Waals surface area contributed by atoms with Crippen molar-refractivity contribution in [3.05, 3.63) is 64.1 Å². The molecule has 1 aromatic carbocycles. The molecule has 0 spiro atoms. The van der Waals surface area contributed by atoms with E-state index in [-0.39, 0.29) is 12.2 Å². The molecule has 7 heteroatoms. The maximum absolute atomic E-state index is 12.6. The molecule has 1 heterocycles. The number of hydrogen-bond acceptors (Lipinski definition) is 6. The fraction of sp³-hybridized carbons (Fsp3) is 0.227. The van der Waals surface area contributed by atoms with Crippen LogP contribution in [0.3, 0.4) is 0 Å². The summed E-state index contributed by atoms with van der Waals surface area (Å²) in [6.07, 6.45) is 3.12. The lowest BCUT2D eigenvalue weighted by atomic mass is 10.1. The third kappa shape index (κ3) is 5.56. The van der Waals surface area contributed by atoms with Crippen molar-refractivity contribution in [3.8, 4) is 11.8 Å². The van der Waals surface area contributed by atoms with Crippen LogP contribution in [0.25, 0.3) is 6.08 Å². The van der Waals surface area contributed by atoms with Gasteiger partial charge in [0.25, 0.3) is 5.91 Å². The first kappa shape index (κ1) is 21.9. The molecule has 0 saturated carbocycles. The molecule has 0 saturated heterocycles. The van der Waals surface area contributed by atoms with E-state index in [1.54, 1.807) is 44.2 Å². The maximum Gasteiger partial charge on any atom is 0.341 e. The van der Waals surface area contributed by atoms with Gasteiger partial charge in [-0.25, -0.2) is 4.79 Å². The average molecular weight is 410 g/mol. The number of thiophene rings is 1. The van der Waals surface area contributed by atoms with Gasteiger partial charge in [0.05, 0.1) is 12.2 Å². The van der Waals surface area contributed by atoms with Crippen LogP contribution in [0.15, 0.2) is 42.5 Å². The fourth-order valence-corrected chi connectivity index (χ4v) is 3.51. The third-order valence-corrected chi connectivity index (χ3v) is 5.14. The lowest BCUT2D eigenvalue weighted by Gasteiger charge is -2.07. The summed E-state index contributed by atoms with van der Waals surface area (Å²) < 4.78 is 10.5. The van der Waals surface area contributed by atoms with Crippen LogP contribution in [0, 0.1) is 25.2 Å². The molecule has 2 rings (SSSR count). The molecule has 0 bridgehead atoms. The molecule has 0 aliphatic heterocycles. The quantitative estimate of drug-likeness (QED) is 0.296. The van der Waals surface area contributed by atoms with Crippen molar-refractivity contribution in [2.45, 2.75) is 20.8 Å². The zero-order valence-corrected chi connectivity index (χ0v) is 17.4. The van der Waals surface area contributed by atoms with Gasteiger partial charge in [0, 0.05) is 4.88 Å². The topological polar surface area (TPSA) is 88.4 Å². The molecule has 1 N–H and O–H groups in total. The van der Waals surface area contributed by atoms with Crippen LogP contribution in [0.1, 0.15) is 33.3 Å². The van der Waals surface area contributed by atoms with E-state index in [0.717, 1.165) is 10.4 Å². The van der Waals surface area contributed by atoms with Gasteiger partial charge in [-0.05, 0) is 50.1 Å². The Morgan fingerprint density at radius 3 is 2.55 bits per heavy atom. The van der Waals surface area contributed by atoms with Crippen molar-refractivity contribution in [3.63, 3.8) is 0 Å². The highest BCUT2D eigenvalue weighted by Gasteiger charge is 2.23. The standard InChI is InChI=1S/C22H22N2O4S/c1-5-11-28-18-9-7-16(8-10-18)12-17(13-23)20(25)24-21-19(22(26)27-6-2)14(3)15(4)29-21/h5,7-10,12H,1,6,11H2,2-4H3,(H,24,25)/b17-12+. The zero-order chi connectivity index (χ0) is 21.4. The van der Waals surface area contributed by atoms with E-state index in [4.69, 9.17) is 9.47 Å². The largest absolute Gasteiger partial charge is 0.490 e. The van der Waals surface area contributed by atoms with Crippen molar-refractivity contribution in [1.82, 2.24) is 0 Å². The van der Waals surface area contributed by atoms with Gasteiger partial charge in [0.15, 0.2) is 0 Å². The Bertz CT molecular complexity index is 981. The highest BCUT2D eigenvalue weighted by molar-refractivity contribution is 7.16. The molecule has 150 valence electrons.